The number of epoxide rings is 1. The lowest BCUT2D eigenvalue weighted by Crippen LogP contribution is -2.69. The van der Waals surface area contributed by atoms with E-state index in [0.29, 0.717) is 0 Å². The molecule has 16 rings (SSSR count). The monoisotopic (exact) mass is 2000 g/mol. The quantitative estimate of drug-likeness (QED) is 0.0329. The summed E-state index contributed by atoms with van der Waals surface area (Å²) in [4.78, 5) is 0. The van der Waals surface area contributed by atoms with E-state index in [0.717, 1.165) is 0 Å². The maximum absolute atomic E-state index is 13.4. The molecule has 0 spiro atoms. The lowest BCUT2D eigenvalue weighted by molar-refractivity contribution is -0.399. The smallest absolute Gasteiger partial charge is 0.192 e. The molecule has 6 N–H and O–H groups in total. The Labute approximate surface area is 791 Å². The lowest BCUT2D eigenvalue weighted by atomic mass is 9.95. The Morgan fingerprint density at radius 3 is 0.450 bits per heavy atom. The average Bonchev–Trinajstić information content (AvgIpc) is 1.60. The third-order valence-corrected chi connectivity index (χ3v) is 63.6. The summed E-state index contributed by atoms with van der Waals surface area (Å²) in [5.74, 6) is 0. The molecule has 0 radical (unpaired) electrons. The SMILES string of the molecule is CO[C@H]1[C@H]2O[C@H]3[C@H](O)[C@@H](OC)[C@@H](O[C@H]4[C@H](O)[C@@H](OC)[C@@H](O[C@H]5[C@H](O)[C@@H](OC)[C@@H](O[C@H]6[C@H](O)[C@@H](OC)[C@@H](O[C@H]7[C@H](O)[C@@H](OC)[C@@H](O[C@H]8[C@@H]9O[C@@H]9[C@@H](O[C@@H]([C@@H]1O)[C@@H](CO[Si](C)(C)C(C)(C)C)O2)O[C@@H]8CO[Si](C)(C)C(C)(C)C)O[C@@H]7CO[Si](C)(C)C(C)(C)C)O[C@@H]6CO[Si](C)(C)C(C)(C)C)O[C@@H]5CO[Si](C)(C)C(C)(C)C)O[C@@H]4CO[Si](C)(C)C(C)(C)C)O[C@@H]3CO[Si](C)(C)C(C)(C)C. The Morgan fingerprint density at radius 1 is 0.176 bits per heavy atom. The van der Waals surface area contributed by atoms with E-state index in [2.05, 4.69) is 237 Å². The van der Waals surface area contributed by atoms with Gasteiger partial charge in [0.1, 0.15) is 171 Å². The normalized spacial score (nSPS) is 39.6. The number of hydrogen-bond donors (Lipinski definition) is 6. The zero-order valence-corrected chi connectivity index (χ0v) is 94.3. The molecule has 0 unspecified atom stereocenters. The van der Waals surface area contributed by atoms with Gasteiger partial charge in [0.15, 0.2) is 102 Å². The highest BCUT2D eigenvalue weighted by atomic mass is 28.4. The Bertz CT molecular complexity index is 3490. The van der Waals surface area contributed by atoms with Crippen LogP contribution in [-0.4, -0.2) is 393 Å². The summed E-state index contributed by atoms with van der Waals surface area (Å²) in [6.45, 7) is 72.6. The van der Waals surface area contributed by atoms with Crippen LogP contribution in [0.3, 0.4) is 0 Å². The van der Waals surface area contributed by atoms with Gasteiger partial charge in [-0.25, -0.2) is 0 Å². The average molecular weight is 2000 g/mol. The van der Waals surface area contributed by atoms with Crippen LogP contribution in [0.5, 0.6) is 0 Å². The molecule has 0 aliphatic carbocycles. The van der Waals surface area contributed by atoms with Crippen LogP contribution in [0.4, 0.5) is 0 Å². The van der Waals surface area contributed by atoms with E-state index in [4.69, 9.17) is 130 Å². The van der Waals surface area contributed by atoms with E-state index >= 15 is 0 Å². The van der Waals surface area contributed by atoms with E-state index in [1.165, 1.54) is 42.7 Å². The molecular weight excluding hydrogens is 1820 g/mol. The summed E-state index contributed by atoms with van der Waals surface area (Å²) < 4.78 is 194. The van der Waals surface area contributed by atoms with Crippen LogP contribution in [0, 0.1) is 0 Å². The summed E-state index contributed by atoms with van der Waals surface area (Å²) in [6.07, 6.45) is -47.7. The van der Waals surface area contributed by atoms with Crippen molar-refractivity contribution >= 4 is 58.2 Å². The molecular formula is C90H178O34Si7. The maximum Gasteiger partial charge on any atom is 0.192 e. The van der Waals surface area contributed by atoms with E-state index < -0.39 is 273 Å². The van der Waals surface area contributed by atoms with Gasteiger partial charge in [-0.1, -0.05) is 145 Å². The molecule has 0 amide bonds. The van der Waals surface area contributed by atoms with Crippen molar-refractivity contribution in [1.29, 1.82) is 0 Å². The van der Waals surface area contributed by atoms with Gasteiger partial charge < -0.3 is 161 Å². The van der Waals surface area contributed by atoms with E-state index in [1.54, 1.807) is 0 Å². The fraction of sp³-hybridized carbons (Fsp3) is 1.00. The summed E-state index contributed by atoms with van der Waals surface area (Å²) in [5.41, 5.74) is 0. The number of fused-ring (bicyclic) bond motifs is 7. The number of aliphatic hydroxyl groups is 6. The first-order valence-corrected chi connectivity index (χ1v) is 67.7. The summed E-state index contributed by atoms with van der Waals surface area (Å²) in [5, 5.41) is 78.0. The predicted molar refractivity (Wildman–Crippen MR) is 506 cm³/mol. The minimum atomic E-state index is -2.73. The topological polar surface area (TPSA) is 383 Å². The third kappa shape index (κ3) is 25.9. The van der Waals surface area contributed by atoms with Crippen molar-refractivity contribution in [3.05, 3.63) is 0 Å². The van der Waals surface area contributed by atoms with Gasteiger partial charge in [-0.15, -0.1) is 0 Å². The second-order valence-corrected chi connectivity index (χ2v) is 81.9. The van der Waals surface area contributed by atoms with Crippen LogP contribution < -0.4 is 0 Å². The number of methoxy groups -OCH3 is 6. The summed E-state index contributed by atoms with van der Waals surface area (Å²) >= 11 is 0. The van der Waals surface area contributed by atoms with Crippen molar-refractivity contribution in [3.8, 4) is 0 Å². The van der Waals surface area contributed by atoms with Crippen molar-refractivity contribution < 1.29 is 161 Å². The number of hydrogen-bond acceptors (Lipinski definition) is 34. The number of aliphatic hydroxyl groups excluding tert-OH is 6. The molecule has 0 aromatic heterocycles. The second kappa shape index (κ2) is 43.2. The van der Waals surface area contributed by atoms with Gasteiger partial charge in [0.2, 0.25) is 0 Å². The standard InChI is InChI=1S/C90H178O34Si7/c1-84(2,3)125(28,29)103-42-49-62-56(91)70(98-23)78(111-49)120-64-51(44-105-127(32,33)86(7,8)9)113-80(72(100-25)58(64)93)122-66-53(46-107-129(36,37)88(13,14)15)115-82(74(102-27)60(66)95)124-68-55(48-109-131(40,41)90(19,20)21)116-83(76-75(68)117-76)123-67-54(47-108-130(38,39)89(16,17)18)114-81(73(101-26)61(67)96)121-65-52(45-106-128(34,35)87(10,11)12)112-79(71(99-24)59(65)94)119-63-50(43-104-126(30,31)85(4,5)6)110-77(118-62)69(97-22)57(63)92/h49-83,91-96H,42-48H2,1-41H3/t49-,50-,51-,52-,53-,54-,55-,56+,57+,58+,59+,60+,61+,62-,63-,64-,65-,66-,67-,68-,69-,70-,71-,72-,73-,74-,75+,76+,77-,78-,79-,80-,81-,82-,83-/m1/s1. The van der Waals surface area contributed by atoms with Crippen molar-refractivity contribution in [2.75, 3.05) is 88.9 Å². The molecule has 16 saturated heterocycles. The fourth-order valence-electron chi connectivity index (χ4n) is 15.5. The first-order chi connectivity index (χ1) is 59.8. The minimum absolute atomic E-state index is 0.0380. The molecule has 0 aromatic carbocycles. The molecule has 0 aromatic rings. The Hall–Kier alpha value is 0.158. The highest BCUT2D eigenvalue weighted by Crippen LogP contribution is 2.50. The van der Waals surface area contributed by atoms with Crippen molar-refractivity contribution in [1.82, 2.24) is 0 Å². The molecule has 770 valence electrons. The Balaban J connectivity index is 1.24. The van der Waals surface area contributed by atoms with Gasteiger partial charge in [-0.2, -0.15) is 0 Å². The molecule has 14 bridgehead atoms. The molecule has 16 aliphatic heterocycles. The molecule has 16 fully saturated rings. The van der Waals surface area contributed by atoms with Crippen molar-refractivity contribution in [2.24, 2.45) is 0 Å². The summed E-state index contributed by atoms with van der Waals surface area (Å²) in [6, 6.07) is 0. The van der Waals surface area contributed by atoms with Crippen LogP contribution in [0.25, 0.3) is 0 Å². The van der Waals surface area contributed by atoms with Gasteiger partial charge in [-0.3, -0.25) is 0 Å². The molecule has 131 heavy (non-hydrogen) atoms. The van der Waals surface area contributed by atoms with Crippen LogP contribution in [0.1, 0.15) is 145 Å². The van der Waals surface area contributed by atoms with Crippen LogP contribution >= 0.6 is 0 Å². The van der Waals surface area contributed by atoms with Crippen LogP contribution in [-0.2, 0) is 130 Å². The molecule has 16 aliphatic rings. The first kappa shape index (κ1) is 115. The molecule has 34 nitrogen and oxygen atoms in total. The molecule has 0 saturated carbocycles. The second-order valence-electron chi connectivity index (χ2n) is 48.2. The van der Waals surface area contributed by atoms with Gasteiger partial charge in [0.05, 0.1) is 46.2 Å². The largest absolute Gasteiger partial charge is 0.414 e. The fourth-order valence-corrected chi connectivity index (χ4v) is 22.6. The molecule has 41 heteroatoms. The van der Waals surface area contributed by atoms with E-state index in [1.807, 2.05) is 0 Å². The number of rotatable bonds is 27. The maximum atomic E-state index is 13.4. The van der Waals surface area contributed by atoms with Crippen LogP contribution in [0.2, 0.25) is 127 Å². The van der Waals surface area contributed by atoms with E-state index in [-0.39, 0.29) is 81.5 Å². The van der Waals surface area contributed by atoms with Gasteiger partial charge in [0, 0.05) is 42.7 Å². The molecule has 35 atom stereocenters. The highest BCUT2D eigenvalue weighted by Gasteiger charge is 2.66. The predicted octanol–water partition coefficient (Wildman–Crippen LogP) is 10.9. The van der Waals surface area contributed by atoms with Gasteiger partial charge >= 0.3 is 0 Å². The van der Waals surface area contributed by atoms with Gasteiger partial charge in [-0.05, 0) is 127 Å². The highest BCUT2D eigenvalue weighted by molar-refractivity contribution is 6.76. The zero-order chi connectivity index (χ0) is 99.0. The first-order valence-electron chi connectivity index (χ1n) is 47.4. The third-order valence-electron chi connectivity index (χ3n) is 32.1. The Kier molecular flexibility index (Phi) is 37.8. The summed E-state index contributed by atoms with van der Waals surface area (Å²) in [7, 11) is -10.5. The van der Waals surface area contributed by atoms with Crippen LogP contribution in [0.15, 0.2) is 0 Å². The molecule has 16 heterocycles. The lowest BCUT2D eigenvalue weighted by Gasteiger charge is -2.52. The number of ether oxygens (including phenoxy) is 21. The Morgan fingerprint density at radius 2 is 0.305 bits per heavy atom. The zero-order valence-electron chi connectivity index (χ0n) is 87.3. The van der Waals surface area contributed by atoms with E-state index in [9.17, 15) is 30.6 Å². The minimum Gasteiger partial charge on any atom is -0.414 e. The van der Waals surface area contributed by atoms with Gasteiger partial charge in [0.25, 0.3) is 0 Å². The van der Waals surface area contributed by atoms with Crippen molar-refractivity contribution in [3.63, 3.8) is 0 Å². The van der Waals surface area contributed by atoms with Crippen molar-refractivity contribution in [2.45, 2.75) is 487 Å².